The van der Waals surface area contributed by atoms with Crippen LogP contribution in [0.25, 0.3) is 0 Å². The van der Waals surface area contributed by atoms with Crippen molar-refractivity contribution in [2.45, 2.75) is 70.8 Å². The van der Waals surface area contributed by atoms with E-state index in [2.05, 4.69) is 11.8 Å². The Morgan fingerprint density at radius 1 is 1.05 bits per heavy atom. The Morgan fingerprint density at radius 2 is 1.80 bits per heavy atom. The van der Waals surface area contributed by atoms with Gasteiger partial charge in [0.15, 0.2) is 0 Å². The average molecular weight is 277 g/mol. The minimum atomic E-state index is 0.156. The number of carbonyl (C=O) groups excluding carboxylic acids is 2. The van der Waals surface area contributed by atoms with Crippen molar-refractivity contribution in [3.8, 4) is 0 Å². The van der Waals surface area contributed by atoms with E-state index in [0.717, 1.165) is 57.4 Å². The molecule has 2 aliphatic carbocycles. The molecular weight excluding hydrogens is 250 g/mol. The summed E-state index contributed by atoms with van der Waals surface area (Å²) < 4.78 is 0. The summed E-state index contributed by atoms with van der Waals surface area (Å²) in [5, 5.41) is 0. The lowest BCUT2D eigenvalue weighted by Gasteiger charge is -2.34. The molecule has 0 bridgehead atoms. The molecule has 112 valence electrons. The smallest absolute Gasteiger partial charge is 0.225 e. The molecule has 3 aliphatic rings. The largest absolute Gasteiger partial charge is 0.339 e. The minimum Gasteiger partial charge on any atom is -0.339 e. The van der Waals surface area contributed by atoms with Crippen LogP contribution in [0.2, 0.25) is 0 Å². The molecule has 2 unspecified atom stereocenters. The number of ketones is 1. The van der Waals surface area contributed by atoms with Crippen LogP contribution in [0.15, 0.2) is 0 Å². The number of hydrogen-bond acceptors (Lipinski definition) is 2. The molecule has 0 aromatic carbocycles. The molecule has 0 spiro atoms. The highest BCUT2D eigenvalue weighted by atomic mass is 16.2. The topological polar surface area (TPSA) is 37.4 Å². The number of carbonyl (C=O) groups is 2. The van der Waals surface area contributed by atoms with Gasteiger partial charge in [0.1, 0.15) is 5.78 Å². The molecular formula is C17H27NO2. The van der Waals surface area contributed by atoms with Gasteiger partial charge in [0.25, 0.3) is 0 Å². The molecule has 3 fully saturated rings. The normalized spacial score (nSPS) is 38.5. The van der Waals surface area contributed by atoms with Gasteiger partial charge in [-0.25, -0.2) is 0 Å². The van der Waals surface area contributed by atoms with Gasteiger partial charge in [0.2, 0.25) is 5.91 Å². The summed E-state index contributed by atoms with van der Waals surface area (Å²) in [6.45, 7) is 3.18. The van der Waals surface area contributed by atoms with Gasteiger partial charge < -0.3 is 4.90 Å². The number of Topliss-reactive ketones (excluding diaryl/α,β-unsaturated/α-hetero) is 1. The summed E-state index contributed by atoms with van der Waals surface area (Å²) in [5.74, 6) is 1.95. The van der Waals surface area contributed by atoms with E-state index in [0.29, 0.717) is 11.7 Å². The zero-order valence-electron chi connectivity index (χ0n) is 12.6. The molecule has 3 heteroatoms. The van der Waals surface area contributed by atoms with Gasteiger partial charge in [0, 0.05) is 30.8 Å². The third-order valence-electron chi connectivity index (χ3n) is 5.76. The van der Waals surface area contributed by atoms with Crippen molar-refractivity contribution in [1.82, 2.24) is 4.90 Å². The van der Waals surface area contributed by atoms with Crippen molar-refractivity contribution in [3.63, 3.8) is 0 Å². The lowest BCUT2D eigenvalue weighted by Crippen LogP contribution is -2.44. The maximum atomic E-state index is 12.8. The van der Waals surface area contributed by atoms with Crippen LogP contribution < -0.4 is 0 Å². The minimum absolute atomic E-state index is 0.156. The van der Waals surface area contributed by atoms with Crippen molar-refractivity contribution >= 4 is 11.7 Å². The molecule has 0 aromatic rings. The van der Waals surface area contributed by atoms with E-state index >= 15 is 0 Å². The highest BCUT2D eigenvalue weighted by Crippen LogP contribution is 2.36. The molecule has 0 radical (unpaired) electrons. The lowest BCUT2D eigenvalue weighted by atomic mass is 9.82. The van der Waals surface area contributed by atoms with E-state index in [-0.39, 0.29) is 17.9 Å². The van der Waals surface area contributed by atoms with E-state index in [9.17, 15) is 9.59 Å². The van der Waals surface area contributed by atoms with Gasteiger partial charge >= 0.3 is 0 Å². The van der Waals surface area contributed by atoms with E-state index in [1.807, 2.05) is 0 Å². The molecule has 0 N–H and O–H groups in total. The van der Waals surface area contributed by atoms with Crippen LogP contribution in [0.5, 0.6) is 0 Å². The maximum absolute atomic E-state index is 12.8. The van der Waals surface area contributed by atoms with E-state index in [4.69, 9.17) is 0 Å². The van der Waals surface area contributed by atoms with Crippen LogP contribution in [0.3, 0.4) is 0 Å². The third-order valence-corrected chi connectivity index (χ3v) is 5.76. The zero-order chi connectivity index (χ0) is 14.1. The Kier molecular flexibility index (Phi) is 4.13. The Labute approximate surface area is 122 Å². The number of nitrogens with zero attached hydrogens (tertiary/aromatic N) is 1. The monoisotopic (exact) mass is 277 g/mol. The maximum Gasteiger partial charge on any atom is 0.225 e. The first-order chi connectivity index (χ1) is 9.66. The number of hydrogen-bond donors (Lipinski definition) is 0. The van der Waals surface area contributed by atoms with Crippen molar-refractivity contribution in [1.29, 1.82) is 0 Å². The summed E-state index contributed by atoms with van der Waals surface area (Å²) in [7, 11) is 0. The molecule has 2 saturated carbocycles. The lowest BCUT2D eigenvalue weighted by molar-refractivity contribution is -0.139. The molecule has 1 heterocycles. The second kappa shape index (κ2) is 5.87. The van der Waals surface area contributed by atoms with Crippen molar-refractivity contribution in [2.24, 2.45) is 17.8 Å². The van der Waals surface area contributed by atoms with Crippen LogP contribution >= 0.6 is 0 Å². The molecule has 2 atom stereocenters. The van der Waals surface area contributed by atoms with Crippen LogP contribution in [0, 0.1) is 17.8 Å². The Balaban J connectivity index is 1.65. The summed E-state index contributed by atoms with van der Waals surface area (Å²) in [6.07, 6.45) is 9.41. The molecule has 3 rings (SSSR count). The SMILES string of the molecule is CC1CCC(C(=O)N2CCCC2C2CCCC2=O)CC1. The second-order valence-corrected chi connectivity index (χ2v) is 7.16. The Morgan fingerprint density at radius 3 is 2.45 bits per heavy atom. The summed E-state index contributed by atoms with van der Waals surface area (Å²) in [5.41, 5.74) is 0. The highest BCUT2D eigenvalue weighted by molar-refractivity contribution is 5.85. The fourth-order valence-electron chi connectivity index (χ4n) is 4.48. The van der Waals surface area contributed by atoms with Gasteiger partial charge in [0.05, 0.1) is 0 Å². The number of likely N-dealkylation sites (tertiary alicyclic amines) is 1. The first-order valence-corrected chi connectivity index (χ1v) is 8.50. The number of rotatable bonds is 2. The second-order valence-electron chi connectivity index (χ2n) is 7.16. The Bertz CT molecular complexity index is 384. The van der Waals surface area contributed by atoms with Crippen LogP contribution in [0.1, 0.15) is 64.7 Å². The molecule has 1 aliphatic heterocycles. The van der Waals surface area contributed by atoms with E-state index in [1.165, 1.54) is 12.8 Å². The fraction of sp³-hybridized carbons (Fsp3) is 0.882. The summed E-state index contributed by atoms with van der Waals surface area (Å²) in [4.78, 5) is 26.9. The molecule has 20 heavy (non-hydrogen) atoms. The first-order valence-electron chi connectivity index (χ1n) is 8.50. The van der Waals surface area contributed by atoms with Crippen molar-refractivity contribution < 1.29 is 9.59 Å². The molecule has 0 aromatic heterocycles. The highest BCUT2D eigenvalue weighted by Gasteiger charge is 2.41. The molecule has 3 nitrogen and oxygen atoms in total. The quantitative estimate of drug-likeness (QED) is 0.777. The fourth-order valence-corrected chi connectivity index (χ4v) is 4.48. The third kappa shape index (κ3) is 2.64. The van der Waals surface area contributed by atoms with Gasteiger partial charge in [-0.3, -0.25) is 9.59 Å². The zero-order valence-corrected chi connectivity index (χ0v) is 12.6. The van der Waals surface area contributed by atoms with Crippen molar-refractivity contribution in [3.05, 3.63) is 0 Å². The van der Waals surface area contributed by atoms with Crippen molar-refractivity contribution in [2.75, 3.05) is 6.54 Å². The van der Waals surface area contributed by atoms with Gasteiger partial charge in [-0.15, -0.1) is 0 Å². The number of amides is 1. The predicted octanol–water partition coefficient (Wildman–Crippen LogP) is 3.17. The standard InChI is InChI=1S/C17H27NO2/c1-12-7-9-13(10-8-12)17(20)18-11-3-5-15(18)14-4-2-6-16(14)19/h12-15H,2-11H2,1H3. The van der Waals surface area contributed by atoms with E-state index in [1.54, 1.807) is 0 Å². The summed E-state index contributed by atoms with van der Waals surface area (Å²) in [6, 6.07) is 0.233. The van der Waals surface area contributed by atoms with Gasteiger partial charge in [-0.2, -0.15) is 0 Å². The van der Waals surface area contributed by atoms with Gasteiger partial charge in [-0.1, -0.05) is 6.92 Å². The Hall–Kier alpha value is -0.860. The summed E-state index contributed by atoms with van der Waals surface area (Å²) >= 11 is 0. The molecule has 1 amide bonds. The van der Waals surface area contributed by atoms with Crippen LogP contribution in [-0.2, 0) is 9.59 Å². The average Bonchev–Trinajstić information content (AvgIpc) is 3.07. The van der Waals surface area contributed by atoms with Crippen LogP contribution in [0.4, 0.5) is 0 Å². The molecule has 1 saturated heterocycles. The predicted molar refractivity (Wildman–Crippen MR) is 78.2 cm³/mol. The van der Waals surface area contributed by atoms with Gasteiger partial charge in [-0.05, 0) is 57.3 Å². The van der Waals surface area contributed by atoms with E-state index < -0.39 is 0 Å². The first kappa shape index (κ1) is 14.1. The van der Waals surface area contributed by atoms with Crippen LogP contribution in [-0.4, -0.2) is 29.2 Å².